The van der Waals surface area contributed by atoms with Gasteiger partial charge in [-0.1, -0.05) is 0 Å². The number of imide groups is 1. The van der Waals surface area contributed by atoms with Crippen molar-refractivity contribution in [2.75, 3.05) is 40.1 Å². The van der Waals surface area contributed by atoms with Crippen molar-refractivity contribution < 1.29 is 62.0 Å². The average Bonchev–Trinajstić information content (AvgIpc) is 3.25. The third-order valence-corrected chi connectivity index (χ3v) is 5.54. The molecule has 1 aliphatic rings. The molecular formula is C26H42N2O13. The van der Waals surface area contributed by atoms with E-state index in [1.165, 1.54) is 7.11 Å². The normalized spacial score (nSPS) is 15.3. The Morgan fingerprint density at radius 3 is 2.02 bits per heavy atom. The first-order valence-electron chi connectivity index (χ1n) is 13.6. The number of carbonyl (C=O) groups excluding carboxylic acids is 6. The third kappa shape index (κ3) is 16.0. The molecule has 0 aromatic rings. The largest absolute Gasteiger partial charge is 0.466 e. The van der Waals surface area contributed by atoms with Gasteiger partial charge in [-0.15, -0.1) is 5.06 Å². The number of carbonyl (C=O) groups is 6. The Hall–Kier alpha value is -3.14. The van der Waals surface area contributed by atoms with Gasteiger partial charge >= 0.3 is 17.9 Å². The van der Waals surface area contributed by atoms with Crippen molar-refractivity contribution in [3.8, 4) is 0 Å². The second-order valence-corrected chi connectivity index (χ2v) is 8.87. The minimum Gasteiger partial charge on any atom is -0.466 e. The number of amides is 3. The number of esters is 2. The summed E-state index contributed by atoms with van der Waals surface area (Å²) in [6, 6.07) is -1.19. The summed E-state index contributed by atoms with van der Waals surface area (Å²) in [4.78, 5) is 77.1. The van der Waals surface area contributed by atoms with Crippen LogP contribution < -0.4 is 5.32 Å². The van der Waals surface area contributed by atoms with Crippen LogP contribution in [0.1, 0.15) is 72.1 Å². The molecule has 0 aromatic heterocycles. The maximum Gasteiger partial charge on any atom is 0.333 e. The summed E-state index contributed by atoms with van der Waals surface area (Å²) in [6.07, 6.45) is -1.24. The summed E-state index contributed by atoms with van der Waals surface area (Å²) < 4.78 is 31.3. The first-order valence-corrected chi connectivity index (χ1v) is 13.6. The van der Waals surface area contributed by atoms with E-state index in [2.05, 4.69) is 5.32 Å². The Labute approximate surface area is 239 Å². The van der Waals surface area contributed by atoms with E-state index < -0.39 is 60.8 Å². The fourth-order valence-electron chi connectivity index (χ4n) is 3.30. The second-order valence-electron chi connectivity index (χ2n) is 8.87. The van der Waals surface area contributed by atoms with Gasteiger partial charge in [-0.25, -0.2) is 9.59 Å². The molecule has 3 unspecified atom stereocenters. The van der Waals surface area contributed by atoms with Crippen LogP contribution in [0.3, 0.4) is 0 Å². The molecule has 0 aromatic carbocycles. The molecule has 3 amide bonds. The highest BCUT2D eigenvalue weighted by Gasteiger charge is 2.33. The smallest absolute Gasteiger partial charge is 0.333 e. The molecule has 234 valence electrons. The van der Waals surface area contributed by atoms with Crippen LogP contribution in [-0.2, 0) is 62.0 Å². The number of methoxy groups -OCH3 is 1. The van der Waals surface area contributed by atoms with Crippen molar-refractivity contribution in [3.05, 3.63) is 0 Å². The summed E-state index contributed by atoms with van der Waals surface area (Å²) in [5, 5.41) is 2.83. The van der Waals surface area contributed by atoms with Crippen molar-refractivity contribution in [3.63, 3.8) is 0 Å². The highest BCUT2D eigenvalue weighted by atomic mass is 16.7. The van der Waals surface area contributed by atoms with Crippen molar-refractivity contribution in [2.24, 2.45) is 0 Å². The molecule has 1 rings (SSSR count). The summed E-state index contributed by atoms with van der Waals surface area (Å²) >= 11 is 0. The van der Waals surface area contributed by atoms with Crippen LogP contribution in [0.2, 0.25) is 0 Å². The van der Waals surface area contributed by atoms with Gasteiger partial charge in [0.25, 0.3) is 11.8 Å². The molecule has 1 N–H and O–H groups in total. The molecule has 0 bridgehead atoms. The first-order chi connectivity index (χ1) is 19.6. The lowest BCUT2D eigenvalue weighted by Gasteiger charge is -2.18. The van der Waals surface area contributed by atoms with Crippen molar-refractivity contribution >= 4 is 35.6 Å². The van der Waals surface area contributed by atoms with Gasteiger partial charge in [-0.2, -0.15) is 0 Å². The Morgan fingerprint density at radius 2 is 1.41 bits per heavy atom. The fourth-order valence-corrected chi connectivity index (χ4v) is 3.30. The Morgan fingerprint density at radius 1 is 0.805 bits per heavy atom. The standard InChI is InChI=1S/C26H42N2O13/c1-5-36-19(3)38-15-7-17-40-26(34)20(8-12-24(32)39-16-6-14-37-18(2)35-4)27-21(29)9-13-25(33)41-28-22(30)10-11-23(28)31/h18-20H,5-17H2,1-4H3,(H,27,29). The maximum absolute atomic E-state index is 12.7. The van der Waals surface area contributed by atoms with Gasteiger partial charge in [-0.05, 0) is 27.2 Å². The van der Waals surface area contributed by atoms with Gasteiger partial charge in [0, 0.05) is 52.2 Å². The minimum absolute atomic E-state index is 0.00138. The number of hydrogen-bond donors (Lipinski definition) is 1. The van der Waals surface area contributed by atoms with Gasteiger partial charge in [0.2, 0.25) is 5.91 Å². The molecule has 3 atom stereocenters. The molecule has 1 aliphatic heterocycles. The molecule has 15 heteroatoms. The molecule has 0 saturated carbocycles. The molecule has 1 saturated heterocycles. The Bertz CT molecular complexity index is 850. The number of rotatable bonds is 22. The van der Waals surface area contributed by atoms with Crippen molar-refractivity contribution in [1.82, 2.24) is 10.4 Å². The van der Waals surface area contributed by atoms with Gasteiger partial charge in [0.05, 0.1) is 32.8 Å². The van der Waals surface area contributed by atoms with E-state index in [1.54, 1.807) is 13.8 Å². The third-order valence-electron chi connectivity index (χ3n) is 5.54. The number of hydroxylamine groups is 2. The van der Waals surface area contributed by atoms with E-state index in [-0.39, 0.29) is 51.8 Å². The van der Waals surface area contributed by atoms with E-state index in [9.17, 15) is 28.8 Å². The van der Waals surface area contributed by atoms with E-state index in [4.69, 9.17) is 33.3 Å². The van der Waals surface area contributed by atoms with Crippen LogP contribution in [0, 0.1) is 0 Å². The summed E-state index contributed by atoms with van der Waals surface area (Å²) in [7, 11) is 1.51. The highest BCUT2D eigenvalue weighted by molar-refractivity contribution is 6.01. The van der Waals surface area contributed by atoms with Crippen LogP contribution in [0.25, 0.3) is 0 Å². The summed E-state index contributed by atoms with van der Waals surface area (Å²) in [5.74, 6) is -4.30. The second kappa shape index (κ2) is 20.7. The molecule has 0 aliphatic carbocycles. The topological polar surface area (TPSA) is 182 Å². The van der Waals surface area contributed by atoms with Crippen LogP contribution in [0.15, 0.2) is 0 Å². The van der Waals surface area contributed by atoms with Crippen molar-refractivity contribution in [2.45, 2.75) is 90.8 Å². The van der Waals surface area contributed by atoms with Gasteiger partial charge in [0.1, 0.15) is 6.04 Å². The zero-order chi connectivity index (χ0) is 30.6. The SMILES string of the molecule is CCOC(C)OCCCOC(=O)C(CCC(=O)OCCCOC(C)OC)NC(=O)CCC(=O)ON1C(=O)CCC1=O. The van der Waals surface area contributed by atoms with E-state index in [1.807, 2.05) is 6.92 Å². The molecule has 0 spiro atoms. The maximum atomic E-state index is 12.7. The summed E-state index contributed by atoms with van der Waals surface area (Å²) in [6.45, 7) is 6.49. The van der Waals surface area contributed by atoms with Crippen LogP contribution in [0.5, 0.6) is 0 Å². The van der Waals surface area contributed by atoms with Crippen molar-refractivity contribution in [1.29, 1.82) is 0 Å². The fraction of sp³-hybridized carbons (Fsp3) is 0.769. The van der Waals surface area contributed by atoms with E-state index >= 15 is 0 Å². The molecular weight excluding hydrogens is 548 g/mol. The van der Waals surface area contributed by atoms with Crippen LogP contribution in [0.4, 0.5) is 0 Å². The molecule has 0 radical (unpaired) electrons. The number of nitrogens with one attached hydrogen (secondary N) is 1. The van der Waals surface area contributed by atoms with Crippen LogP contribution in [-0.4, -0.2) is 99.5 Å². The molecule has 1 heterocycles. The van der Waals surface area contributed by atoms with Gasteiger partial charge < -0.3 is 38.6 Å². The predicted molar refractivity (Wildman–Crippen MR) is 138 cm³/mol. The van der Waals surface area contributed by atoms with Gasteiger partial charge in [0.15, 0.2) is 12.6 Å². The van der Waals surface area contributed by atoms with E-state index in [0.29, 0.717) is 31.1 Å². The zero-order valence-electron chi connectivity index (χ0n) is 24.2. The number of ether oxygens (including phenoxy) is 6. The minimum atomic E-state index is -1.19. The van der Waals surface area contributed by atoms with Gasteiger partial charge in [-0.3, -0.25) is 19.2 Å². The molecule has 41 heavy (non-hydrogen) atoms. The molecule has 1 fully saturated rings. The zero-order valence-corrected chi connectivity index (χ0v) is 24.2. The first kappa shape index (κ1) is 35.9. The molecule has 15 nitrogen and oxygen atoms in total. The average molecular weight is 591 g/mol. The van der Waals surface area contributed by atoms with Crippen LogP contribution >= 0.6 is 0 Å². The predicted octanol–water partition coefficient (Wildman–Crippen LogP) is 0.914. The lowest BCUT2D eigenvalue weighted by atomic mass is 10.1. The lowest BCUT2D eigenvalue weighted by molar-refractivity contribution is -0.197. The lowest BCUT2D eigenvalue weighted by Crippen LogP contribution is -2.42. The summed E-state index contributed by atoms with van der Waals surface area (Å²) in [5.41, 5.74) is 0. The Kier molecular flexibility index (Phi) is 18.1. The highest BCUT2D eigenvalue weighted by Crippen LogP contribution is 2.13. The quantitative estimate of drug-likeness (QED) is 0.0813. The Balaban J connectivity index is 2.53. The van der Waals surface area contributed by atoms with E-state index in [0.717, 1.165) is 0 Å². The number of hydrogen-bond acceptors (Lipinski definition) is 13. The monoisotopic (exact) mass is 590 g/mol. The number of nitrogens with zero attached hydrogens (tertiary/aromatic N) is 1.